The number of hydrogen-bond acceptors (Lipinski definition) is 4. The monoisotopic (exact) mass is 317 g/mol. The lowest BCUT2D eigenvalue weighted by Crippen LogP contribution is -2.41. The van der Waals surface area contributed by atoms with E-state index >= 15 is 0 Å². The fourth-order valence-electron chi connectivity index (χ4n) is 2.06. The molecule has 22 heavy (non-hydrogen) atoms. The van der Waals surface area contributed by atoms with Gasteiger partial charge in [-0.25, -0.2) is 0 Å². The largest absolute Gasteiger partial charge is 0.501 e. The molecule has 0 bridgehead atoms. The summed E-state index contributed by atoms with van der Waals surface area (Å²) in [6.45, 7) is 6.86. The second kappa shape index (κ2) is 4.95. The summed E-state index contributed by atoms with van der Waals surface area (Å²) >= 11 is 0. The second-order valence-electron chi connectivity index (χ2n) is 6.12. The minimum Gasteiger partial charge on any atom is -0.399 e. The smallest absolute Gasteiger partial charge is 0.399 e. The zero-order chi connectivity index (χ0) is 16.9. The van der Waals surface area contributed by atoms with Crippen LogP contribution in [0.25, 0.3) is 0 Å². The van der Waals surface area contributed by atoms with Crippen molar-refractivity contribution >= 4 is 18.3 Å². The van der Waals surface area contributed by atoms with Crippen LogP contribution < -0.4 is 5.46 Å². The third-order valence-electron chi connectivity index (χ3n) is 4.06. The molecule has 1 aliphatic rings. The first-order valence-corrected chi connectivity index (χ1v) is 6.56. The van der Waals surface area contributed by atoms with Crippen LogP contribution in [0.1, 0.15) is 33.3 Å². The summed E-state index contributed by atoms with van der Waals surface area (Å²) < 4.78 is 49.7. The average molecular weight is 317 g/mol. The van der Waals surface area contributed by atoms with Crippen molar-refractivity contribution in [2.24, 2.45) is 0 Å². The molecule has 0 unspecified atom stereocenters. The molecule has 2 rings (SSSR count). The van der Waals surface area contributed by atoms with Gasteiger partial charge in [0.05, 0.1) is 27.2 Å². The lowest BCUT2D eigenvalue weighted by Gasteiger charge is -2.32. The van der Waals surface area contributed by atoms with Crippen LogP contribution in [0.2, 0.25) is 0 Å². The molecule has 0 amide bonds. The molecular formula is C13H15BF3NO4. The molecule has 9 heteroatoms. The molecule has 0 radical (unpaired) electrons. The van der Waals surface area contributed by atoms with Crippen LogP contribution in [-0.2, 0) is 15.5 Å². The second-order valence-corrected chi connectivity index (χ2v) is 6.12. The summed E-state index contributed by atoms with van der Waals surface area (Å²) in [6, 6.07) is 2.20. The third-order valence-corrected chi connectivity index (χ3v) is 4.06. The maximum absolute atomic E-state index is 12.8. The lowest BCUT2D eigenvalue weighted by atomic mass is 9.77. The molecule has 1 heterocycles. The normalized spacial score (nSPS) is 20.2. The van der Waals surface area contributed by atoms with Gasteiger partial charge < -0.3 is 9.31 Å². The van der Waals surface area contributed by atoms with Gasteiger partial charge in [0, 0.05) is 6.07 Å². The van der Waals surface area contributed by atoms with Crippen molar-refractivity contribution in [2.45, 2.75) is 45.1 Å². The Labute approximate surface area is 125 Å². The van der Waals surface area contributed by atoms with Crippen LogP contribution in [0, 0.1) is 10.1 Å². The van der Waals surface area contributed by atoms with Gasteiger partial charge in [-0.05, 0) is 39.8 Å². The molecule has 0 N–H and O–H groups in total. The number of nitro groups is 1. The van der Waals surface area contributed by atoms with Gasteiger partial charge in [-0.15, -0.1) is 0 Å². The fourth-order valence-corrected chi connectivity index (χ4v) is 2.06. The van der Waals surface area contributed by atoms with Gasteiger partial charge in [0.1, 0.15) is 0 Å². The number of benzene rings is 1. The summed E-state index contributed by atoms with van der Waals surface area (Å²) in [5.41, 5.74) is -3.30. The van der Waals surface area contributed by atoms with E-state index in [1.54, 1.807) is 27.7 Å². The van der Waals surface area contributed by atoms with E-state index in [-0.39, 0.29) is 5.46 Å². The Morgan fingerprint density at radius 1 is 1.14 bits per heavy atom. The summed E-state index contributed by atoms with van der Waals surface area (Å²) in [5.74, 6) is 0. The van der Waals surface area contributed by atoms with E-state index in [1.807, 2.05) is 0 Å². The first-order valence-electron chi connectivity index (χ1n) is 6.56. The average Bonchev–Trinajstić information content (AvgIpc) is 2.56. The molecule has 0 saturated carbocycles. The Hall–Kier alpha value is -1.61. The SMILES string of the molecule is CC1(C)OB(c2cc(C(F)(F)F)ccc2[N+](=O)[O-])OC1(C)C. The van der Waals surface area contributed by atoms with Gasteiger partial charge in [0.2, 0.25) is 0 Å². The Bertz CT molecular complexity index is 600. The van der Waals surface area contributed by atoms with Gasteiger partial charge in [-0.2, -0.15) is 13.2 Å². The van der Waals surface area contributed by atoms with E-state index in [0.29, 0.717) is 12.1 Å². The van der Waals surface area contributed by atoms with Crippen LogP contribution in [0.15, 0.2) is 18.2 Å². The molecule has 5 nitrogen and oxygen atoms in total. The summed E-state index contributed by atoms with van der Waals surface area (Å²) in [7, 11) is -1.23. The van der Waals surface area contributed by atoms with Crippen molar-refractivity contribution in [1.29, 1.82) is 0 Å². The number of nitro benzene ring substituents is 1. The van der Waals surface area contributed by atoms with Crippen molar-refractivity contribution in [3.8, 4) is 0 Å². The highest BCUT2D eigenvalue weighted by Crippen LogP contribution is 2.38. The van der Waals surface area contributed by atoms with Gasteiger partial charge in [0.15, 0.2) is 0 Å². The van der Waals surface area contributed by atoms with Crippen molar-refractivity contribution in [3.63, 3.8) is 0 Å². The Morgan fingerprint density at radius 3 is 2.05 bits per heavy atom. The maximum atomic E-state index is 12.8. The molecule has 1 fully saturated rings. The molecule has 0 atom stereocenters. The fraction of sp³-hybridized carbons (Fsp3) is 0.538. The predicted molar refractivity (Wildman–Crippen MR) is 73.8 cm³/mol. The molecule has 1 saturated heterocycles. The topological polar surface area (TPSA) is 61.6 Å². The summed E-state index contributed by atoms with van der Waals surface area (Å²) in [6.07, 6.45) is -4.60. The maximum Gasteiger partial charge on any atom is 0.501 e. The van der Waals surface area contributed by atoms with Crippen molar-refractivity contribution in [1.82, 2.24) is 0 Å². The van der Waals surface area contributed by atoms with E-state index in [4.69, 9.17) is 9.31 Å². The van der Waals surface area contributed by atoms with Crippen LogP contribution in [0.4, 0.5) is 18.9 Å². The van der Waals surface area contributed by atoms with Crippen molar-refractivity contribution < 1.29 is 27.4 Å². The number of alkyl halides is 3. The molecule has 1 aromatic rings. The predicted octanol–water partition coefficient (Wildman–Crippen LogP) is 2.91. The van der Waals surface area contributed by atoms with Gasteiger partial charge in [-0.3, -0.25) is 10.1 Å². The quantitative estimate of drug-likeness (QED) is 0.478. The highest BCUT2D eigenvalue weighted by Gasteiger charge is 2.53. The lowest BCUT2D eigenvalue weighted by molar-refractivity contribution is -0.383. The van der Waals surface area contributed by atoms with E-state index in [9.17, 15) is 23.3 Å². The number of hydrogen-bond donors (Lipinski definition) is 0. The third kappa shape index (κ3) is 2.82. The van der Waals surface area contributed by atoms with Crippen molar-refractivity contribution in [3.05, 3.63) is 33.9 Å². The van der Waals surface area contributed by atoms with Crippen LogP contribution in [0.5, 0.6) is 0 Å². The van der Waals surface area contributed by atoms with Gasteiger partial charge in [0.25, 0.3) is 5.69 Å². The standard InChI is InChI=1S/C13H15BF3NO4/c1-11(2)12(3,4)22-14(21-11)9-7-8(13(15,16)17)5-6-10(9)18(19)20/h5-7H,1-4H3. The van der Waals surface area contributed by atoms with E-state index in [2.05, 4.69) is 0 Å². The first-order chi connectivity index (χ1) is 9.85. The van der Waals surface area contributed by atoms with E-state index in [0.717, 1.165) is 6.07 Å². The Balaban J connectivity index is 2.52. The van der Waals surface area contributed by atoms with Gasteiger partial charge in [-0.1, -0.05) is 0 Å². The minimum atomic E-state index is -4.60. The Morgan fingerprint density at radius 2 is 1.64 bits per heavy atom. The molecule has 0 aromatic heterocycles. The Kier molecular flexibility index (Phi) is 3.77. The number of halogens is 3. The van der Waals surface area contributed by atoms with E-state index in [1.165, 1.54) is 0 Å². The highest BCUT2D eigenvalue weighted by atomic mass is 19.4. The number of rotatable bonds is 2. The molecule has 1 aromatic carbocycles. The van der Waals surface area contributed by atoms with Gasteiger partial charge >= 0.3 is 13.3 Å². The molecular weight excluding hydrogens is 302 g/mol. The minimum absolute atomic E-state index is 0.238. The van der Waals surface area contributed by atoms with E-state index < -0.39 is 40.7 Å². The molecule has 120 valence electrons. The van der Waals surface area contributed by atoms with Crippen LogP contribution >= 0.6 is 0 Å². The highest BCUT2D eigenvalue weighted by molar-refractivity contribution is 6.63. The van der Waals surface area contributed by atoms with Crippen LogP contribution in [0.3, 0.4) is 0 Å². The van der Waals surface area contributed by atoms with Crippen molar-refractivity contribution in [2.75, 3.05) is 0 Å². The summed E-state index contributed by atoms with van der Waals surface area (Å²) in [4.78, 5) is 10.3. The molecule has 1 aliphatic heterocycles. The van der Waals surface area contributed by atoms with Crippen LogP contribution in [-0.4, -0.2) is 23.2 Å². The zero-order valence-corrected chi connectivity index (χ0v) is 12.5. The molecule has 0 aliphatic carbocycles. The zero-order valence-electron chi connectivity index (χ0n) is 12.5. The number of nitrogens with zero attached hydrogens (tertiary/aromatic N) is 1. The molecule has 0 spiro atoms. The first kappa shape index (κ1) is 16.8. The summed E-state index contributed by atoms with van der Waals surface area (Å²) in [5, 5.41) is 11.1.